The van der Waals surface area contributed by atoms with E-state index < -0.39 is 0 Å². The molecule has 1 N–H and O–H groups in total. The van der Waals surface area contributed by atoms with Gasteiger partial charge < -0.3 is 5.32 Å². The summed E-state index contributed by atoms with van der Waals surface area (Å²) < 4.78 is 0. The zero-order chi connectivity index (χ0) is 14.8. The topological polar surface area (TPSA) is 15.3 Å². The molecule has 0 radical (unpaired) electrons. The van der Waals surface area contributed by atoms with Crippen molar-refractivity contribution < 1.29 is 0 Å². The Labute approximate surface area is 121 Å². The van der Waals surface area contributed by atoms with Gasteiger partial charge in [-0.3, -0.25) is 4.90 Å². The third-order valence-corrected chi connectivity index (χ3v) is 5.04. The zero-order valence-corrected chi connectivity index (χ0v) is 14.5. The first kappa shape index (κ1) is 17.0. The van der Waals surface area contributed by atoms with Gasteiger partial charge in [-0.25, -0.2) is 0 Å². The van der Waals surface area contributed by atoms with Crippen molar-refractivity contribution in [1.29, 1.82) is 0 Å². The summed E-state index contributed by atoms with van der Waals surface area (Å²) in [6.07, 6.45) is 1.25. The Bertz CT molecular complexity index is 270. The van der Waals surface area contributed by atoms with E-state index in [2.05, 4.69) is 65.6 Å². The number of nitrogens with one attached hydrogen (secondary N) is 1. The van der Waals surface area contributed by atoms with Gasteiger partial charge in [0.15, 0.2) is 0 Å². The molecule has 0 aromatic heterocycles. The Morgan fingerprint density at radius 2 is 1.74 bits per heavy atom. The van der Waals surface area contributed by atoms with E-state index in [1.165, 1.54) is 19.5 Å². The standard InChI is InChI=1S/C17H36N2/c1-9-14-10-18-15(17(6,7)8)12-19(14)11-13(2)16(3,4)5/h13-15,18H,9-12H2,1-8H3. The molecule has 0 spiro atoms. The molecule has 3 atom stereocenters. The van der Waals surface area contributed by atoms with Crippen LogP contribution in [0.3, 0.4) is 0 Å². The highest BCUT2D eigenvalue weighted by Crippen LogP contribution is 2.29. The molecule has 0 saturated carbocycles. The molecule has 1 heterocycles. The maximum absolute atomic E-state index is 3.76. The maximum atomic E-state index is 3.76. The third-order valence-electron chi connectivity index (χ3n) is 5.04. The number of rotatable bonds is 3. The summed E-state index contributed by atoms with van der Waals surface area (Å²) in [6, 6.07) is 1.32. The van der Waals surface area contributed by atoms with Gasteiger partial charge in [0, 0.05) is 31.7 Å². The lowest BCUT2D eigenvalue weighted by atomic mass is 9.80. The zero-order valence-electron chi connectivity index (χ0n) is 14.5. The monoisotopic (exact) mass is 268 g/mol. The fraction of sp³-hybridized carbons (Fsp3) is 1.00. The smallest absolute Gasteiger partial charge is 0.0244 e. The number of piperazine rings is 1. The van der Waals surface area contributed by atoms with Crippen LogP contribution in [0.1, 0.15) is 61.8 Å². The van der Waals surface area contributed by atoms with Crippen LogP contribution in [0.25, 0.3) is 0 Å². The predicted molar refractivity (Wildman–Crippen MR) is 85.5 cm³/mol. The molecular formula is C17H36N2. The molecule has 0 aromatic rings. The summed E-state index contributed by atoms with van der Waals surface area (Å²) >= 11 is 0. The average molecular weight is 268 g/mol. The molecule has 1 aliphatic rings. The highest BCUT2D eigenvalue weighted by atomic mass is 15.2. The molecule has 0 aromatic carbocycles. The van der Waals surface area contributed by atoms with Crippen molar-refractivity contribution in [3.05, 3.63) is 0 Å². The van der Waals surface area contributed by atoms with Crippen LogP contribution in [-0.2, 0) is 0 Å². The predicted octanol–water partition coefficient (Wildman–Crippen LogP) is 3.77. The molecule has 1 fully saturated rings. The van der Waals surface area contributed by atoms with Crippen LogP contribution >= 0.6 is 0 Å². The van der Waals surface area contributed by atoms with Gasteiger partial charge in [-0.05, 0) is 23.2 Å². The van der Waals surface area contributed by atoms with Crippen LogP contribution in [0.4, 0.5) is 0 Å². The lowest BCUT2D eigenvalue weighted by Crippen LogP contribution is -2.61. The molecule has 114 valence electrons. The van der Waals surface area contributed by atoms with Crippen molar-refractivity contribution >= 4 is 0 Å². The first-order valence-corrected chi connectivity index (χ1v) is 8.03. The minimum absolute atomic E-state index is 0.349. The Morgan fingerprint density at radius 3 is 2.16 bits per heavy atom. The highest BCUT2D eigenvalue weighted by Gasteiger charge is 2.35. The van der Waals surface area contributed by atoms with Gasteiger partial charge in [-0.2, -0.15) is 0 Å². The van der Waals surface area contributed by atoms with E-state index in [0.717, 1.165) is 12.5 Å². The van der Waals surface area contributed by atoms with E-state index in [0.29, 0.717) is 22.9 Å². The summed E-state index contributed by atoms with van der Waals surface area (Å²) in [7, 11) is 0. The van der Waals surface area contributed by atoms with E-state index in [-0.39, 0.29) is 0 Å². The van der Waals surface area contributed by atoms with Crippen molar-refractivity contribution in [2.45, 2.75) is 73.9 Å². The van der Waals surface area contributed by atoms with E-state index in [1.807, 2.05) is 0 Å². The van der Waals surface area contributed by atoms with Crippen LogP contribution in [0.5, 0.6) is 0 Å². The molecular weight excluding hydrogens is 232 g/mol. The summed E-state index contributed by atoms with van der Waals surface area (Å²) in [5.74, 6) is 0.736. The molecule has 0 bridgehead atoms. The first-order chi connectivity index (χ1) is 8.55. The number of nitrogens with zero attached hydrogens (tertiary/aromatic N) is 1. The van der Waals surface area contributed by atoms with Crippen molar-refractivity contribution in [3.63, 3.8) is 0 Å². The Balaban J connectivity index is 2.70. The second kappa shape index (κ2) is 6.13. The first-order valence-electron chi connectivity index (χ1n) is 8.03. The van der Waals surface area contributed by atoms with Gasteiger partial charge in [0.1, 0.15) is 0 Å². The van der Waals surface area contributed by atoms with Crippen molar-refractivity contribution in [2.75, 3.05) is 19.6 Å². The summed E-state index contributed by atoms with van der Waals surface area (Å²) in [4.78, 5) is 2.74. The second-order valence-corrected chi connectivity index (χ2v) is 8.61. The van der Waals surface area contributed by atoms with Crippen LogP contribution in [0.2, 0.25) is 0 Å². The molecule has 2 nitrogen and oxygen atoms in total. The summed E-state index contributed by atoms with van der Waals surface area (Å²) in [5, 5.41) is 3.76. The van der Waals surface area contributed by atoms with Gasteiger partial charge >= 0.3 is 0 Å². The fourth-order valence-corrected chi connectivity index (χ4v) is 2.69. The molecule has 2 heteroatoms. The van der Waals surface area contributed by atoms with E-state index in [1.54, 1.807) is 0 Å². The average Bonchev–Trinajstić information content (AvgIpc) is 2.26. The van der Waals surface area contributed by atoms with Gasteiger partial charge in [-0.15, -0.1) is 0 Å². The van der Waals surface area contributed by atoms with Gasteiger partial charge in [-0.1, -0.05) is 55.4 Å². The Morgan fingerprint density at radius 1 is 1.16 bits per heavy atom. The Kier molecular flexibility index (Phi) is 5.48. The van der Waals surface area contributed by atoms with Crippen LogP contribution in [0, 0.1) is 16.7 Å². The molecule has 0 aliphatic carbocycles. The number of hydrogen-bond acceptors (Lipinski definition) is 2. The fourth-order valence-electron chi connectivity index (χ4n) is 2.69. The molecule has 3 unspecified atom stereocenters. The highest BCUT2D eigenvalue weighted by molar-refractivity contribution is 4.92. The van der Waals surface area contributed by atoms with Crippen LogP contribution in [0.15, 0.2) is 0 Å². The van der Waals surface area contributed by atoms with Gasteiger partial charge in [0.05, 0.1) is 0 Å². The summed E-state index contributed by atoms with van der Waals surface area (Å²) in [6.45, 7) is 22.4. The minimum atomic E-state index is 0.349. The molecule has 1 rings (SSSR count). The third kappa shape index (κ3) is 4.75. The SMILES string of the molecule is CCC1CNC(C(C)(C)C)CN1CC(C)C(C)(C)C. The minimum Gasteiger partial charge on any atom is -0.311 e. The molecule has 1 saturated heterocycles. The maximum Gasteiger partial charge on any atom is 0.0244 e. The van der Waals surface area contributed by atoms with Gasteiger partial charge in [0.25, 0.3) is 0 Å². The van der Waals surface area contributed by atoms with Crippen LogP contribution < -0.4 is 5.32 Å². The van der Waals surface area contributed by atoms with E-state index in [4.69, 9.17) is 0 Å². The Hall–Kier alpha value is -0.0800. The second-order valence-electron chi connectivity index (χ2n) is 8.61. The lowest BCUT2D eigenvalue weighted by Gasteiger charge is -2.46. The largest absolute Gasteiger partial charge is 0.311 e. The molecule has 19 heavy (non-hydrogen) atoms. The van der Waals surface area contributed by atoms with Crippen molar-refractivity contribution in [3.8, 4) is 0 Å². The quantitative estimate of drug-likeness (QED) is 0.838. The number of hydrogen-bond donors (Lipinski definition) is 1. The normalized spacial score (nSPS) is 28.4. The summed E-state index contributed by atoms with van der Waals surface area (Å²) in [5.41, 5.74) is 0.752. The van der Waals surface area contributed by atoms with Crippen molar-refractivity contribution in [1.82, 2.24) is 10.2 Å². The van der Waals surface area contributed by atoms with Crippen LogP contribution in [-0.4, -0.2) is 36.6 Å². The molecule has 0 amide bonds. The van der Waals surface area contributed by atoms with E-state index in [9.17, 15) is 0 Å². The lowest BCUT2D eigenvalue weighted by molar-refractivity contribution is 0.0537. The van der Waals surface area contributed by atoms with Gasteiger partial charge in [0.2, 0.25) is 0 Å². The molecule has 1 aliphatic heterocycles. The van der Waals surface area contributed by atoms with E-state index >= 15 is 0 Å². The van der Waals surface area contributed by atoms with Crippen molar-refractivity contribution in [2.24, 2.45) is 16.7 Å².